The molecule has 3 atom stereocenters. The van der Waals surface area contributed by atoms with E-state index in [9.17, 15) is 0 Å². The summed E-state index contributed by atoms with van der Waals surface area (Å²) in [5, 5.41) is 0. The molecule has 0 heterocycles. The first-order chi connectivity index (χ1) is 7.81. The molecule has 0 aromatic rings. The fraction of sp³-hybridized carbons (Fsp3) is 1.00. The lowest BCUT2D eigenvalue weighted by atomic mass is 9.44. The van der Waals surface area contributed by atoms with Gasteiger partial charge in [-0.3, -0.25) is 0 Å². The topological polar surface area (TPSA) is 0 Å². The SMILES string of the molecule is CC(C)C1(C)C(C)CCC(C2CCC2)C1(C)C. The van der Waals surface area contributed by atoms with Crippen molar-refractivity contribution in [2.75, 3.05) is 0 Å². The fourth-order valence-electron chi connectivity index (χ4n) is 5.10. The molecule has 2 aliphatic carbocycles. The van der Waals surface area contributed by atoms with Gasteiger partial charge in [0, 0.05) is 0 Å². The van der Waals surface area contributed by atoms with Crippen LogP contribution < -0.4 is 0 Å². The predicted molar refractivity (Wildman–Crippen MR) is 76.0 cm³/mol. The third-order valence-electron chi connectivity index (χ3n) is 7.17. The van der Waals surface area contributed by atoms with Crippen molar-refractivity contribution >= 4 is 0 Å². The van der Waals surface area contributed by atoms with Gasteiger partial charge in [-0.15, -0.1) is 0 Å². The first kappa shape index (κ1) is 13.4. The molecule has 0 nitrogen and oxygen atoms in total. The maximum absolute atomic E-state index is 2.58. The lowest BCUT2D eigenvalue weighted by Gasteiger charge is -2.61. The van der Waals surface area contributed by atoms with E-state index in [0.29, 0.717) is 10.8 Å². The zero-order chi connectivity index (χ0) is 12.8. The lowest BCUT2D eigenvalue weighted by Crippen LogP contribution is -2.54. The molecule has 0 amide bonds. The fourth-order valence-corrected chi connectivity index (χ4v) is 5.10. The van der Waals surface area contributed by atoms with Crippen molar-refractivity contribution in [1.82, 2.24) is 0 Å². The highest BCUT2D eigenvalue weighted by atomic mass is 14.6. The van der Waals surface area contributed by atoms with Gasteiger partial charge in [0.2, 0.25) is 0 Å². The monoisotopic (exact) mass is 236 g/mol. The van der Waals surface area contributed by atoms with Gasteiger partial charge < -0.3 is 0 Å². The molecule has 3 unspecified atom stereocenters. The van der Waals surface area contributed by atoms with Gasteiger partial charge in [-0.2, -0.15) is 0 Å². The third kappa shape index (κ3) is 1.78. The predicted octanol–water partition coefficient (Wildman–Crippen LogP) is 5.52. The van der Waals surface area contributed by atoms with E-state index < -0.39 is 0 Å². The summed E-state index contributed by atoms with van der Waals surface area (Å²) in [5.41, 5.74) is 1.04. The Morgan fingerprint density at radius 2 is 1.53 bits per heavy atom. The van der Waals surface area contributed by atoms with Crippen LogP contribution >= 0.6 is 0 Å². The van der Waals surface area contributed by atoms with E-state index in [1.165, 1.54) is 32.1 Å². The maximum atomic E-state index is 2.58. The Bertz CT molecular complexity index is 272. The van der Waals surface area contributed by atoms with Gasteiger partial charge in [0.25, 0.3) is 0 Å². The summed E-state index contributed by atoms with van der Waals surface area (Å²) in [6.45, 7) is 15.1. The van der Waals surface area contributed by atoms with Crippen LogP contribution in [0.5, 0.6) is 0 Å². The Labute approximate surface area is 109 Å². The quantitative estimate of drug-likeness (QED) is 0.592. The summed E-state index contributed by atoms with van der Waals surface area (Å²) < 4.78 is 0. The molecule has 0 aromatic carbocycles. The standard InChI is InChI=1S/C17H32/c1-12(2)17(6)13(3)10-11-15(16(17,4)5)14-8-7-9-14/h12-15H,7-11H2,1-6H3. The summed E-state index contributed by atoms with van der Waals surface area (Å²) in [4.78, 5) is 0. The third-order valence-corrected chi connectivity index (χ3v) is 7.17. The minimum atomic E-state index is 0.518. The van der Waals surface area contributed by atoms with E-state index in [1.54, 1.807) is 0 Å². The van der Waals surface area contributed by atoms with Crippen LogP contribution in [-0.2, 0) is 0 Å². The highest BCUT2D eigenvalue weighted by Gasteiger charge is 2.55. The second kappa shape index (κ2) is 4.28. The molecule has 2 fully saturated rings. The molecule has 2 rings (SSSR count). The summed E-state index contributed by atoms with van der Waals surface area (Å²) in [6.07, 6.45) is 7.46. The molecule has 0 bridgehead atoms. The van der Waals surface area contributed by atoms with E-state index in [2.05, 4.69) is 41.5 Å². The van der Waals surface area contributed by atoms with Crippen LogP contribution in [0.1, 0.15) is 73.6 Å². The highest BCUT2D eigenvalue weighted by molar-refractivity contribution is 5.04. The first-order valence-electron chi connectivity index (χ1n) is 7.81. The van der Waals surface area contributed by atoms with Crippen molar-refractivity contribution in [3.8, 4) is 0 Å². The van der Waals surface area contributed by atoms with Gasteiger partial charge in [-0.25, -0.2) is 0 Å². The van der Waals surface area contributed by atoms with Gasteiger partial charge in [-0.1, -0.05) is 60.8 Å². The second-order valence-electron chi connectivity index (χ2n) is 7.93. The molecule has 0 aromatic heterocycles. The number of rotatable bonds is 2. The number of hydrogen-bond acceptors (Lipinski definition) is 0. The van der Waals surface area contributed by atoms with Crippen molar-refractivity contribution in [2.24, 2.45) is 34.5 Å². The highest BCUT2D eigenvalue weighted by Crippen LogP contribution is 2.63. The van der Waals surface area contributed by atoms with E-state index in [0.717, 1.165) is 23.7 Å². The second-order valence-corrected chi connectivity index (χ2v) is 7.93. The summed E-state index contributed by atoms with van der Waals surface area (Å²) >= 11 is 0. The van der Waals surface area contributed by atoms with Crippen LogP contribution in [-0.4, -0.2) is 0 Å². The van der Waals surface area contributed by atoms with Crippen LogP contribution in [0.15, 0.2) is 0 Å². The van der Waals surface area contributed by atoms with E-state index in [-0.39, 0.29) is 0 Å². The van der Waals surface area contributed by atoms with Gasteiger partial charge in [0.1, 0.15) is 0 Å². The van der Waals surface area contributed by atoms with Gasteiger partial charge in [0.15, 0.2) is 0 Å². The smallest absolute Gasteiger partial charge is 0.0223 e. The first-order valence-corrected chi connectivity index (χ1v) is 7.81. The van der Waals surface area contributed by atoms with Crippen LogP contribution in [0.2, 0.25) is 0 Å². The molecule has 0 spiro atoms. The molecule has 0 heteroatoms. The Balaban J connectivity index is 2.29. The van der Waals surface area contributed by atoms with Gasteiger partial charge in [-0.05, 0) is 47.3 Å². The Morgan fingerprint density at radius 1 is 0.941 bits per heavy atom. The summed E-state index contributed by atoms with van der Waals surface area (Å²) in [5.74, 6) is 3.72. The van der Waals surface area contributed by atoms with Gasteiger partial charge >= 0.3 is 0 Å². The molecule has 0 aliphatic heterocycles. The molecule has 2 aliphatic rings. The zero-order valence-electron chi connectivity index (χ0n) is 12.8. The molecule has 17 heavy (non-hydrogen) atoms. The summed E-state index contributed by atoms with van der Waals surface area (Å²) in [7, 11) is 0. The van der Waals surface area contributed by atoms with Crippen LogP contribution in [0.4, 0.5) is 0 Å². The largest absolute Gasteiger partial charge is 0.0622 e. The van der Waals surface area contributed by atoms with E-state index in [1.807, 2.05) is 0 Å². The Hall–Kier alpha value is 0. The zero-order valence-corrected chi connectivity index (χ0v) is 12.8. The van der Waals surface area contributed by atoms with Crippen LogP contribution in [0, 0.1) is 34.5 Å². The Morgan fingerprint density at radius 3 is 1.94 bits per heavy atom. The average molecular weight is 236 g/mol. The Kier molecular flexibility index (Phi) is 3.38. The number of hydrogen-bond donors (Lipinski definition) is 0. The minimum Gasteiger partial charge on any atom is -0.0622 e. The van der Waals surface area contributed by atoms with Crippen molar-refractivity contribution in [1.29, 1.82) is 0 Å². The molecule has 100 valence electrons. The van der Waals surface area contributed by atoms with E-state index in [4.69, 9.17) is 0 Å². The van der Waals surface area contributed by atoms with Crippen LogP contribution in [0.3, 0.4) is 0 Å². The van der Waals surface area contributed by atoms with Gasteiger partial charge in [0.05, 0.1) is 0 Å². The van der Waals surface area contributed by atoms with Crippen molar-refractivity contribution in [2.45, 2.75) is 73.6 Å². The van der Waals surface area contributed by atoms with Crippen molar-refractivity contribution < 1.29 is 0 Å². The summed E-state index contributed by atoms with van der Waals surface area (Å²) in [6, 6.07) is 0. The minimum absolute atomic E-state index is 0.518. The maximum Gasteiger partial charge on any atom is -0.0223 e. The van der Waals surface area contributed by atoms with Crippen molar-refractivity contribution in [3.63, 3.8) is 0 Å². The lowest BCUT2D eigenvalue weighted by molar-refractivity contribution is -0.125. The molecule has 0 N–H and O–H groups in total. The molecular weight excluding hydrogens is 204 g/mol. The molecule has 2 saturated carbocycles. The molecule has 0 saturated heterocycles. The van der Waals surface area contributed by atoms with Crippen LogP contribution in [0.25, 0.3) is 0 Å². The molecular formula is C17H32. The normalized spacial score (nSPS) is 42.5. The van der Waals surface area contributed by atoms with E-state index >= 15 is 0 Å². The average Bonchev–Trinajstić information content (AvgIpc) is 2.16. The molecule has 0 radical (unpaired) electrons. The van der Waals surface area contributed by atoms with Crippen molar-refractivity contribution in [3.05, 3.63) is 0 Å².